The van der Waals surface area contributed by atoms with Crippen LogP contribution in [0.5, 0.6) is 0 Å². The third-order valence-electron chi connectivity index (χ3n) is 5.19. The van der Waals surface area contributed by atoms with Crippen LogP contribution >= 0.6 is 0 Å². The Labute approximate surface area is 156 Å². The fraction of sp³-hybridized carbons (Fsp3) is 0.350. The predicted molar refractivity (Wildman–Crippen MR) is 105 cm³/mol. The minimum Gasteiger partial charge on any atom is -0.307 e. The van der Waals surface area contributed by atoms with E-state index in [1.807, 2.05) is 42.6 Å². The first kappa shape index (κ1) is 17.3. The Morgan fingerprint density at radius 3 is 2.52 bits per heavy atom. The average molecular weight is 365 g/mol. The van der Waals surface area contributed by atoms with Gasteiger partial charge in [0.15, 0.2) is 11.2 Å². The molecule has 3 aromatic heterocycles. The van der Waals surface area contributed by atoms with Gasteiger partial charge in [0.05, 0.1) is 6.04 Å². The SMILES string of the molecule is CCCn1c(=O)c2c(nc3n([C@@H](C)c4ccccc4)c(C)cn23)n(C)c1=O. The fourth-order valence-electron chi connectivity index (χ4n) is 3.81. The summed E-state index contributed by atoms with van der Waals surface area (Å²) in [6.07, 6.45) is 2.64. The molecule has 3 heterocycles. The van der Waals surface area contributed by atoms with E-state index in [0.717, 1.165) is 11.3 Å². The quantitative estimate of drug-likeness (QED) is 0.558. The third kappa shape index (κ3) is 2.45. The molecule has 4 rings (SSSR count). The molecule has 7 heteroatoms. The zero-order valence-electron chi connectivity index (χ0n) is 16.0. The molecule has 0 amide bonds. The molecule has 0 saturated heterocycles. The monoisotopic (exact) mass is 365 g/mol. The van der Waals surface area contributed by atoms with Crippen LogP contribution < -0.4 is 11.2 Å². The molecule has 7 nitrogen and oxygen atoms in total. The smallest absolute Gasteiger partial charge is 0.307 e. The molecular formula is C20H23N5O2. The van der Waals surface area contributed by atoms with Crippen molar-refractivity contribution >= 4 is 16.9 Å². The molecule has 27 heavy (non-hydrogen) atoms. The van der Waals surface area contributed by atoms with Crippen molar-refractivity contribution < 1.29 is 0 Å². The summed E-state index contributed by atoms with van der Waals surface area (Å²) < 4.78 is 6.68. The molecule has 1 aromatic carbocycles. The Bertz CT molecular complexity index is 1260. The lowest BCUT2D eigenvalue weighted by Gasteiger charge is -2.16. The van der Waals surface area contributed by atoms with Gasteiger partial charge in [-0.3, -0.25) is 18.3 Å². The highest BCUT2D eigenvalue weighted by atomic mass is 16.2. The summed E-state index contributed by atoms with van der Waals surface area (Å²) in [5.74, 6) is 0.667. The molecule has 0 aliphatic carbocycles. The maximum atomic E-state index is 13.0. The van der Waals surface area contributed by atoms with Crippen molar-refractivity contribution in [2.45, 2.75) is 39.8 Å². The molecular weight excluding hydrogens is 342 g/mol. The second kappa shape index (κ2) is 6.26. The summed E-state index contributed by atoms with van der Waals surface area (Å²) in [4.78, 5) is 30.3. The number of nitrogens with zero attached hydrogens (tertiary/aromatic N) is 5. The number of aryl methyl sites for hydroxylation is 2. The summed E-state index contributed by atoms with van der Waals surface area (Å²) in [6.45, 7) is 6.46. The number of hydrogen-bond donors (Lipinski definition) is 0. The van der Waals surface area contributed by atoms with Crippen molar-refractivity contribution in [2.24, 2.45) is 7.05 Å². The summed E-state index contributed by atoms with van der Waals surface area (Å²) in [5, 5.41) is 0. The summed E-state index contributed by atoms with van der Waals surface area (Å²) in [5.41, 5.74) is 2.42. The van der Waals surface area contributed by atoms with Crippen LogP contribution in [0.4, 0.5) is 0 Å². The van der Waals surface area contributed by atoms with E-state index in [-0.39, 0.29) is 17.3 Å². The molecule has 0 saturated carbocycles. The first-order valence-electron chi connectivity index (χ1n) is 9.20. The molecule has 0 aliphatic rings. The molecule has 0 radical (unpaired) electrons. The minimum atomic E-state index is -0.325. The van der Waals surface area contributed by atoms with Crippen molar-refractivity contribution in [1.29, 1.82) is 0 Å². The van der Waals surface area contributed by atoms with E-state index in [1.165, 1.54) is 9.13 Å². The van der Waals surface area contributed by atoms with Gasteiger partial charge in [-0.2, -0.15) is 4.98 Å². The van der Waals surface area contributed by atoms with Crippen molar-refractivity contribution in [1.82, 2.24) is 23.1 Å². The standard InChI is InChI=1S/C20H23N5O2/c1-5-11-23-18(26)16-17(22(4)20(23)27)21-19-24(16)12-13(2)25(19)14(3)15-9-7-6-8-10-15/h6-10,12,14H,5,11H2,1-4H3/t14-/m0/s1. The van der Waals surface area contributed by atoms with Crippen LogP contribution in [-0.4, -0.2) is 23.1 Å². The lowest BCUT2D eigenvalue weighted by atomic mass is 10.1. The van der Waals surface area contributed by atoms with Crippen LogP contribution in [0.25, 0.3) is 16.9 Å². The van der Waals surface area contributed by atoms with Gasteiger partial charge < -0.3 is 4.57 Å². The maximum absolute atomic E-state index is 13.0. The van der Waals surface area contributed by atoms with Crippen molar-refractivity contribution in [3.8, 4) is 0 Å². The first-order chi connectivity index (χ1) is 13.0. The number of aromatic nitrogens is 5. The second-order valence-corrected chi connectivity index (χ2v) is 6.98. The average Bonchev–Trinajstić information content (AvgIpc) is 3.18. The first-order valence-corrected chi connectivity index (χ1v) is 9.20. The predicted octanol–water partition coefficient (Wildman–Crippen LogP) is 2.48. The molecule has 0 bridgehead atoms. The van der Waals surface area contributed by atoms with Crippen LogP contribution in [0.15, 0.2) is 46.1 Å². The zero-order valence-corrected chi connectivity index (χ0v) is 16.0. The van der Waals surface area contributed by atoms with E-state index in [4.69, 9.17) is 0 Å². The summed E-state index contributed by atoms with van der Waals surface area (Å²) in [7, 11) is 1.67. The van der Waals surface area contributed by atoms with Gasteiger partial charge in [-0.05, 0) is 25.8 Å². The number of benzene rings is 1. The van der Waals surface area contributed by atoms with Gasteiger partial charge in [-0.15, -0.1) is 0 Å². The normalized spacial score (nSPS) is 12.9. The highest BCUT2D eigenvalue weighted by molar-refractivity contribution is 5.75. The van der Waals surface area contributed by atoms with Gasteiger partial charge in [0.2, 0.25) is 5.78 Å². The Kier molecular flexibility index (Phi) is 4.02. The van der Waals surface area contributed by atoms with E-state index in [1.54, 1.807) is 7.05 Å². The Morgan fingerprint density at radius 2 is 1.85 bits per heavy atom. The van der Waals surface area contributed by atoms with Gasteiger partial charge in [-0.1, -0.05) is 37.3 Å². The summed E-state index contributed by atoms with van der Waals surface area (Å²) in [6, 6.07) is 10.2. The van der Waals surface area contributed by atoms with E-state index in [2.05, 4.69) is 28.6 Å². The minimum absolute atomic E-state index is 0.0513. The maximum Gasteiger partial charge on any atom is 0.332 e. The Morgan fingerprint density at radius 1 is 1.15 bits per heavy atom. The molecule has 140 valence electrons. The molecule has 0 N–H and O–H groups in total. The molecule has 4 aromatic rings. The molecule has 0 aliphatic heterocycles. The number of rotatable bonds is 4. The molecule has 0 fully saturated rings. The lowest BCUT2D eigenvalue weighted by Crippen LogP contribution is -2.39. The highest BCUT2D eigenvalue weighted by Crippen LogP contribution is 2.25. The van der Waals surface area contributed by atoms with E-state index in [9.17, 15) is 9.59 Å². The molecule has 0 spiro atoms. The van der Waals surface area contributed by atoms with Gasteiger partial charge in [-0.25, -0.2) is 4.79 Å². The number of hydrogen-bond acceptors (Lipinski definition) is 3. The number of fused-ring (bicyclic) bond motifs is 3. The van der Waals surface area contributed by atoms with E-state index < -0.39 is 0 Å². The highest BCUT2D eigenvalue weighted by Gasteiger charge is 2.22. The van der Waals surface area contributed by atoms with Crippen LogP contribution in [-0.2, 0) is 13.6 Å². The topological polar surface area (TPSA) is 66.2 Å². The van der Waals surface area contributed by atoms with Gasteiger partial charge >= 0.3 is 5.69 Å². The van der Waals surface area contributed by atoms with Gasteiger partial charge in [0.1, 0.15) is 0 Å². The Balaban J connectivity index is 2.06. The van der Waals surface area contributed by atoms with E-state index >= 15 is 0 Å². The van der Waals surface area contributed by atoms with Crippen LogP contribution in [0.3, 0.4) is 0 Å². The lowest BCUT2D eigenvalue weighted by molar-refractivity contribution is 0.592. The van der Waals surface area contributed by atoms with Crippen LogP contribution in [0.1, 0.15) is 37.6 Å². The van der Waals surface area contributed by atoms with Crippen LogP contribution in [0.2, 0.25) is 0 Å². The third-order valence-corrected chi connectivity index (χ3v) is 5.19. The zero-order chi connectivity index (χ0) is 19.3. The fourth-order valence-corrected chi connectivity index (χ4v) is 3.81. The second-order valence-electron chi connectivity index (χ2n) is 6.98. The van der Waals surface area contributed by atoms with Gasteiger partial charge in [0, 0.05) is 25.5 Å². The van der Waals surface area contributed by atoms with Crippen molar-refractivity contribution in [2.75, 3.05) is 0 Å². The summed E-state index contributed by atoms with van der Waals surface area (Å²) >= 11 is 0. The van der Waals surface area contributed by atoms with Crippen LogP contribution in [0, 0.1) is 6.92 Å². The molecule has 0 unspecified atom stereocenters. The Hall–Kier alpha value is -3.09. The van der Waals surface area contributed by atoms with Crippen molar-refractivity contribution in [3.63, 3.8) is 0 Å². The largest absolute Gasteiger partial charge is 0.332 e. The van der Waals surface area contributed by atoms with Crippen molar-refractivity contribution in [3.05, 3.63) is 68.6 Å². The van der Waals surface area contributed by atoms with Gasteiger partial charge in [0.25, 0.3) is 5.56 Å². The number of imidazole rings is 2. The van der Waals surface area contributed by atoms with E-state index in [0.29, 0.717) is 29.9 Å². The molecule has 1 atom stereocenters.